The number of fused-ring (bicyclic) bond motifs is 2. The van der Waals surface area contributed by atoms with Crippen LogP contribution in [0.2, 0.25) is 0 Å². The first-order valence-electron chi connectivity index (χ1n) is 7.67. The van der Waals surface area contributed by atoms with E-state index in [-0.39, 0.29) is 18.2 Å². The quantitative estimate of drug-likeness (QED) is 0.759. The number of nitrogens with zero attached hydrogens (tertiary/aromatic N) is 1. The number of nitrogens with one attached hydrogen (secondary N) is 2. The molecule has 2 aromatic carbocycles. The third-order valence-corrected chi connectivity index (χ3v) is 4.08. The van der Waals surface area contributed by atoms with E-state index in [1.54, 1.807) is 31.2 Å². The Morgan fingerprint density at radius 2 is 2.12 bits per heavy atom. The van der Waals surface area contributed by atoms with Crippen LogP contribution >= 0.6 is 0 Å². The minimum Gasteiger partial charge on any atom is -0.441 e. The lowest BCUT2D eigenvalue weighted by atomic mass is 9.90. The molecule has 3 aromatic rings. The van der Waals surface area contributed by atoms with Crippen LogP contribution in [0, 0.1) is 6.92 Å². The van der Waals surface area contributed by atoms with E-state index in [0.717, 1.165) is 5.56 Å². The molecule has 6 nitrogen and oxygen atoms in total. The fraction of sp³-hybridized carbons (Fsp3) is 0.167. The van der Waals surface area contributed by atoms with Crippen molar-refractivity contribution >= 4 is 34.3 Å². The number of oxazole rings is 1. The smallest absolute Gasteiger partial charge is 0.232 e. The van der Waals surface area contributed by atoms with E-state index in [1.807, 2.05) is 18.2 Å². The van der Waals surface area contributed by atoms with Crippen LogP contribution in [-0.4, -0.2) is 16.8 Å². The van der Waals surface area contributed by atoms with Crippen LogP contribution in [0.4, 0.5) is 11.4 Å². The molecule has 0 unspecified atom stereocenters. The van der Waals surface area contributed by atoms with Gasteiger partial charge in [0, 0.05) is 24.7 Å². The number of aromatic nitrogens is 1. The van der Waals surface area contributed by atoms with E-state index < -0.39 is 5.92 Å². The molecule has 0 aliphatic carbocycles. The predicted molar refractivity (Wildman–Crippen MR) is 89.8 cm³/mol. The highest BCUT2D eigenvalue weighted by Crippen LogP contribution is 2.33. The molecule has 6 heteroatoms. The van der Waals surface area contributed by atoms with E-state index in [2.05, 4.69) is 15.6 Å². The zero-order chi connectivity index (χ0) is 16.7. The monoisotopic (exact) mass is 321 g/mol. The fourth-order valence-electron chi connectivity index (χ4n) is 2.99. The second kappa shape index (κ2) is 5.49. The molecular formula is C18H15N3O3. The maximum Gasteiger partial charge on any atom is 0.232 e. The molecule has 0 radical (unpaired) electrons. The lowest BCUT2D eigenvalue weighted by Gasteiger charge is -2.24. The summed E-state index contributed by atoms with van der Waals surface area (Å²) in [5, 5.41) is 5.67. The summed E-state index contributed by atoms with van der Waals surface area (Å²) >= 11 is 0. The van der Waals surface area contributed by atoms with Crippen molar-refractivity contribution in [3.63, 3.8) is 0 Å². The number of benzene rings is 2. The van der Waals surface area contributed by atoms with Gasteiger partial charge >= 0.3 is 0 Å². The number of carbonyl (C=O) groups is 2. The Bertz CT molecular complexity index is 961. The molecule has 0 saturated carbocycles. The van der Waals surface area contributed by atoms with Crippen molar-refractivity contribution in [1.82, 2.24) is 4.98 Å². The molecule has 2 heterocycles. The SMILES string of the molecule is Cc1nc2cc(NC(=O)[C@@H]3CC(=O)Nc4ccccc43)ccc2o1. The van der Waals surface area contributed by atoms with Crippen molar-refractivity contribution in [3.8, 4) is 0 Å². The van der Waals surface area contributed by atoms with Crippen molar-refractivity contribution in [3.05, 3.63) is 53.9 Å². The van der Waals surface area contributed by atoms with Gasteiger partial charge in [0.05, 0.1) is 5.92 Å². The number of para-hydroxylation sites is 1. The predicted octanol–water partition coefficient (Wildman–Crippen LogP) is 3.20. The molecular weight excluding hydrogens is 306 g/mol. The minimum absolute atomic E-state index is 0.133. The molecule has 0 fully saturated rings. The van der Waals surface area contributed by atoms with Crippen molar-refractivity contribution in [1.29, 1.82) is 0 Å². The molecule has 0 bridgehead atoms. The first kappa shape index (κ1) is 14.4. The average molecular weight is 321 g/mol. The average Bonchev–Trinajstić information content (AvgIpc) is 2.93. The maximum absolute atomic E-state index is 12.7. The maximum atomic E-state index is 12.7. The van der Waals surface area contributed by atoms with Gasteiger partial charge in [0.15, 0.2) is 11.5 Å². The van der Waals surface area contributed by atoms with E-state index >= 15 is 0 Å². The topological polar surface area (TPSA) is 84.2 Å². The summed E-state index contributed by atoms with van der Waals surface area (Å²) in [6.07, 6.45) is 0.133. The third-order valence-electron chi connectivity index (χ3n) is 4.08. The lowest BCUT2D eigenvalue weighted by molar-refractivity contribution is -0.123. The molecule has 24 heavy (non-hydrogen) atoms. The fourth-order valence-corrected chi connectivity index (χ4v) is 2.99. The summed E-state index contributed by atoms with van der Waals surface area (Å²) in [7, 11) is 0. The summed E-state index contributed by atoms with van der Waals surface area (Å²) in [4.78, 5) is 28.8. The van der Waals surface area contributed by atoms with Crippen LogP contribution in [0.25, 0.3) is 11.1 Å². The van der Waals surface area contributed by atoms with Gasteiger partial charge in [-0.2, -0.15) is 0 Å². The van der Waals surface area contributed by atoms with Gasteiger partial charge in [-0.3, -0.25) is 9.59 Å². The Balaban J connectivity index is 1.62. The Kier molecular flexibility index (Phi) is 3.30. The number of carbonyl (C=O) groups excluding carboxylic acids is 2. The summed E-state index contributed by atoms with van der Waals surface area (Å²) in [6.45, 7) is 1.77. The summed E-state index contributed by atoms with van der Waals surface area (Å²) in [5.41, 5.74) is 3.51. The first-order valence-corrected chi connectivity index (χ1v) is 7.67. The van der Waals surface area contributed by atoms with E-state index in [9.17, 15) is 9.59 Å². The van der Waals surface area contributed by atoms with Crippen molar-refractivity contribution in [2.45, 2.75) is 19.3 Å². The molecule has 0 saturated heterocycles. The van der Waals surface area contributed by atoms with Crippen molar-refractivity contribution in [2.24, 2.45) is 0 Å². The van der Waals surface area contributed by atoms with Crippen LogP contribution in [0.3, 0.4) is 0 Å². The van der Waals surface area contributed by atoms with Gasteiger partial charge in [-0.1, -0.05) is 18.2 Å². The second-order valence-electron chi connectivity index (χ2n) is 5.80. The zero-order valence-corrected chi connectivity index (χ0v) is 13.0. The highest BCUT2D eigenvalue weighted by atomic mass is 16.3. The Morgan fingerprint density at radius 1 is 1.29 bits per heavy atom. The third kappa shape index (κ3) is 2.52. The van der Waals surface area contributed by atoms with Crippen molar-refractivity contribution < 1.29 is 14.0 Å². The van der Waals surface area contributed by atoms with Gasteiger partial charge < -0.3 is 15.1 Å². The number of aryl methyl sites for hydroxylation is 1. The molecule has 1 atom stereocenters. The molecule has 2 N–H and O–H groups in total. The van der Waals surface area contributed by atoms with E-state index in [1.165, 1.54) is 0 Å². The minimum atomic E-state index is -0.510. The zero-order valence-electron chi connectivity index (χ0n) is 13.0. The lowest BCUT2D eigenvalue weighted by Crippen LogP contribution is -2.30. The Morgan fingerprint density at radius 3 is 3.00 bits per heavy atom. The molecule has 1 aliphatic heterocycles. The molecule has 1 aromatic heterocycles. The molecule has 120 valence electrons. The molecule has 4 rings (SSSR count). The number of hydrogen-bond donors (Lipinski definition) is 2. The summed E-state index contributed by atoms with van der Waals surface area (Å²) < 4.78 is 5.43. The van der Waals surface area contributed by atoms with Gasteiger partial charge in [-0.05, 0) is 29.8 Å². The van der Waals surface area contributed by atoms with Crippen LogP contribution in [0.15, 0.2) is 46.9 Å². The Labute approximate surface area is 137 Å². The molecule has 0 spiro atoms. The van der Waals surface area contributed by atoms with Gasteiger partial charge in [-0.15, -0.1) is 0 Å². The van der Waals surface area contributed by atoms with Gasteiger partial charge in [0.25, 0.3) is 0 Å². The number of amides is 2. The highest BCUT2D eigenvalue weighted by Gasteiger charge is 2.30. The number of anilines is 2. The standard InChI is InChI=1S/C18H15N3O3/c1-10-19-15-8-11(6-7-16(15)24-10)20-18(23)13-9-17(22)21-14-5-3-2-4-12(13)14/h2-8,13H,9H2,1H3,(H,20,23)(H,21,22)/t13-/m1/s1. The normalized spacial score (nSPS) is 16.5. The van der Waals surface area contributed by atoms with Crippen LogP contribution in [0.5, 0.6) is 0 Å². The highest BCUT2D eigenvalue weighted by molar-refractivity contribution is 6.05. The van der Waals surface area contributed by atoms with Crippen LogP contribution in [0.1, 0.15) is 23.8 Å². The first-order chi connectivity index (χ1) is 11.6. The largest absolute Gasteiger partial charge is 0.441 e. The number of rotatable bonds is 2. The van der Waals surface area contributed by atoms with Gasteiger partial charge in [0.2, 0.25) is 11.8 Å². The summed E-state index contributed by atoms with van der Waals surface area (Å²) in [5.74, 6) is -0.302. The van der Waals surface area contributed by atoms with Crippen LogP contribution in [-0.2, 0) is 9.59 Å². The van der Waals surface area contributed by atoms with E-state index in [0.29, 0.717) is 28.4 Å². The van der Waals surface area contributed by atoms with Gasteiger partial charge in [-0.25, -0.2) is 4.98 Å². The summed E-state index contributed by atoms with van der Waals surface area (Å²) in [6, 6.07) is 12.7. The van der Waals surface area contributed by atoms with Crippen molar-refractivity contribution in [2.75, 3.05) is 10.6 Å². The molecule has 1 aliphatic rings. The number of hydrogen-bond acceptors (Lipinski definition) is 4. The second-order valence-corrected chi connectivity index (χ2v) is 5.80. The molecule has 2 amide bonds. The van der Waals surface area contributed by atoms with Gasteiger partial charge in [0.1, 0.15) is 5.52 Å². The van der Waals surface area contributed by atoms with Crippen LogP contribution < -0.4 is 10.6 Å². The Hall–Kier alpha value is -3.15. The van der Waals surface area contributed by atoms with E-state index in [4.69, 9.17) is 4.42 Å².